The summed E-state index contributed by atoms with van der Waals surface area (Å²) < 4.78 is 5.28. The number of aromatic nitrogens is 1. The van der Waals surface area contributed by atoms with Crippen LogP contribution in [-0.4, -0.2) is 30.3 Å². The topological polar surface area (TPSA) is 51.2 Å². The number of hydrogen-bond acceptors (Lipinski definition) is 4. The van der Waals surface area contributed by atoms with Crippen LogP contribution in [0.15, 0.2) is 59.8 Å². The highest BCUT2D eigenvalue weighted by Crippen LogP contribution is 2.16. The summed E-state index contributed by atoms with van der Waals surface area (Å²) in [5, 5.41) is 3.85. The van der Waals surface area contributed by atoms with E-state index < -0.39 is 6.10 Å². The second kappa shape index (κ2) is 8.44. The van der Waals surface area contributed by atoms with Gasteiger partial charge >= 0.3 is 0 Å². The van der Waals surface area contributed by atoms with Crippen LogP contribution in [0.4, 0.5) is 0 Å². The number of nitrogens with one attached hydrogen (secondary N) is 1. The number of thioether (sulfide) groups is 1. The molecule has 2 aromatic rings. The molecule has 21 heavy (non-hydrogen) atoms. The highest BCUT2D eigenvalue weighted by molar-refractivity contribution is 7.99. The number of benzene rings is 1. The van der Waals surface area contributed by atoms with E-state index in [1.54, 1.807) is 25.1 Å². The summed E-state index contributed by atoms with van der Waals surface area (Å²) in [6.45, 7) is 0.576. The number of hydrogen-bond donors (Lipinski definition) is 1. The SMILES string of the molecule is CO[C@H](C(=O)NCCSc1ccccn1)c1ccccc1. The van der Waals surface area contributed by atoms with Crippen LogP contribution in [0.3, 0.4) is 0 Å². The molecule has 0 aliphatic heterocycles. The minimum atomic E-state index is -0.564. The Hall–Kier alpha value is -1.85. The number of methoxy groups -OCH3 is 1. The molecule has 0 aliphatic rings. The molecule has 4 nitrogen and oxygen atoms in total. The van der Waals surface area contributed by atoms with E-state index >= 15 is 0 Å². The highest BCUT2D eigenvalue weighted by Gasteiger charge is 2.18. The fraction of sp³-hybridized carbons (Fsp3) is 0.250. The maximum atomic E-state index is 12.1. The first kappa shape index (κ1) is 15.5. The summed E-state index contributed by atoms with van der Waals surface area (Å²) in [5.41, 5.74) is 0.856. The lowest BCUT2D eigenvalue weighted by atomic mass is 10.1. The molecule has 110 valence electrons. The van der Waals surface area contributed by atoms with Crippen molar-refractivity contribution in [1.82, 2.24) is 10.3 Å². The minimum absolute atomic E-state index is 0.120. The van der Waals surface area contributed by atoms with Crippen molar-refractivity contribution in [2.75, 3.05) is 19.4 Å². The predicted octanol–water partition coefficient (Wildman–Crippen LogP) is 2.68. The van der Waals surface area contributed by atoms with E-state index in [9.17, 15) is 4.79 Å². The van der Waals surface area contributed by atoms with Crippen molar-refractivity contribution in [3.05, 3.63) is 60.3 Å². The first-order valence-corrected chi connectivity index (χ1v) is 7.69. The van der Waals surface area contributed by atoms with Crippen molar-refractivity contribution >= 4 is 17.7 Å². The standard InChI is InChI=1S/C16H18N2O2S/c1-20-15(13-7-3-2-4-8-13)16(19)18-11-12-21-14-9-5-6-10-17-14/h2-10,15H,11-12H2,1H3,(H,18,19)/t15-/m0/s1. The van der Waals surface area contributed by atoms with Gasteiger partial charge in [0.05, 0.1) is 5.03 Å². The Bertz CT molecular complexity index is 549. The van der Waals surface area contributed by atoms with Gasteiger partial charge in [-0.15, -0.1) is 11.8 Å². The van der Waals surface area contributed by atoms with Crippen molar-refractivity contribution in [3.63, 3.8) is 0 Å². The Labute approximate surface area is 128 Å². The van der Waals surface area contributed by atoms with Gasteiger partial charge < -0.3 is 10.1 Å². The van der Waals surface area contributed by atoms with E-state index in [4.69, 9.17) is 4.74 Å². The number of ether oxygens (including phenoxy) is 1. The summed E-state index contributed by atoms with van der Waals surface area (Å²) in [4.78, 5) is 16.3. The molecule has 1 atom stereocenters. The van der Waals surface area contributed by atoms with Crippen LogP contribution in [0.2, 0.25) is 0 Å². The van der Waals surface area contributed by atoms with E-state index in [2.05, 4.69) is 10.3 Å². The van der Waals surface area contributed by atoms with Gasteiger partial charge in [-0.2, -0.15) is 0 Å². The van der Waals surface area contributed by atoms with Crippen LogP contribution in [0, 0.1) is 0 Å². The largest absolute Gasteiger partial charge is 0.367 e. The molecule has 1 heterocycles. The highest BCUT2D eigenvalue weighted by atomic mass is 32.2. The molecule has 0 fully saturated rings. The molecule has 1 N–H and O–H groups in total. The van der Waals surface area contributed by atoms with Gasteiger partial charge in [-0.05, 0) is 17.7 Å². The van der Waals surface area contributed by atoms with Crippen LogP contribution in [-0.2, 0) is 9.53 Å². The van der Waals surface area contributed by atoms with Crippen LogP contribution in [0.5, 0.6) is 0 Å². The van der Waals surface area contributed by atoms with E-state index in [-0.39, 0.29) is 5.91 Å². The second-order valence-electron chi connectivity index (χ2n) is 4.33. The molecule has 0 saturated carbocycles. The maximum Gasteiger partial charge on any atom is 0.253 e. The molecule has 1 aromatic heterocycles. The number of carbonyl (C=O) groups excluding carboxylic acids is 1. The van der Waals surface area contributed by atoms with Gasteiger partial charge in [0, 0.05) is 25.6 Å². The average Bonchev–Trinajstić information content (AvgIpc) is 2.54. The number of carbonyl (C=O) groups is 1. The Morgan fingerprint density at radius 1 is 1.24 bits per heavy atom. The zero-order valence-electron chi connectivity index (χ0n) is 11.9. The molecule has 1 amide bonds. The third-order valence-electron chi connectivity index (χ3n) is 2.87. The fourth-order valence-corrected chi connectivity index (χ4v) is 2.60. The van der Waals surface area contributed by atoms with Gasteiger partial charge in [0.2, 0.25) is 0 Å². The molecule has 0 radical (unpaired) electrons. The molecule has 0 saturated heterocycles. The molecule has 2 rings (SSSR count). The Kier molecular flexibility index (Phi) is 6.24. The van der Waals surface area contributed by atoms with Gasteiger partial charge in [-0.3, -0.25) is 4.79 Å². The van der Waals surface area contributed by atoms with Gasteiger partial charge in [0.1, 0.15) is 0 Å². The predicted molar refractivity (Wildman–Crippen MR) is 84.2 cm³/mol. The fourth-order valence-electron chi connectivity index (χ4n) is 1.88. The Balaban J connectivity index is 1.78. The van der Waals surface area contributed by atoms with Crippen LogP contribution < -0.4 is 5.32 Å². The number of amides is 1. The third kappa shape index (κ3) is 4.88. The molecule has 0 aliphatic carbocycles. The third-order valence-corrected chi connectivity index (χ3v) is 3.81. The molecule has 5 heteroatoms. The van der Waals surface area contributed by atoms with Crippen LogP contribution in [0.1, 0.15) is 11.7 Å². The molecule has 0 unspecified atom stereocenters. The molecular formula is C16H18N2O2S. The van der Waals surface area contributed by atoms with Gasteiger partial charge in [0.15, 0.2) is 6.10 Å². The number of nitrogens with zero attached hydrogens (tertiary/aromatic N) is 1. The number of pyridine rings is 1. The summed E-state index contributed by atoms with van der Waals surface area (Å²) in [6.07, 6.45) is 1.20. The van der Waals surface area contributed by atoms with E-state index in [1.807, 2.05) is 48.5 Å². The smallest absolute Gasteiger partial charge is 0.253 e. The molecule has 0 spiro atoms. The van der Waals surface area contributed by atoms with Gasteiger partial charge in [0.25, 0.3) is 5.91 Å². The van der Waals surface area contributed by atoms with Crippen LogP contribution >= 0.6 is 11.8 Å². The quantitative estimate of drug-likeness (QED) is 0.631. The van der Waals surface area contributed by atoms with Gasteiger partial charge in [-0.25, -0.2) is 4.98 Å². The molecule has 1 aromatic carbocycles. The van der Waals surface area contributed by atoms with Crippen molar-refractivity contribution in [2.24, 2.45) is 0 Å². The van der Waals surface area contributed by atoms with E-state index in [0.717, 1.165) is 16.3 Å². The second-order valence-corrected chi connectivity index (χ2v) is 5.45. The first-order valence-electron chi connectivity index (χ1n) is 6.70. The van der Waals surface area contributed by atoms with E-state index in [1.165, 1.54) is 0 Å². The zero-order valence-corrected chi connectivity index (χ0v) is 12.7. The van der Waals surface area contributed by atoms with Crippen molar-refractivity contribution in [3.8, 4) is 0 Å². The summed E-state index contributed by atoms with van der Waals surface area (Å²) in [7, 11) is 1.54. The first-order chi connectivity index (χ1) is 10.3. The molecular weight excluding hydrogens is 284 g/mol. The normalized spacial score (nSPS) is 11.9. The lowest BCUT2D eigenvalue weighted by Gasteiger charge is -2.15. The van der Waals surface area contributed by atoms with E-state index in [0.29, 0.717) is 6.54 Å². The minimum Gasteiger partial charge on any atom is -0.367 e. The lowest BCUT2D eigenvalue weighted by Crippen LogP contribution is -2.32. The average molecular weight is 302 g/mol. The van der Waals surface area contributed by atoms with Gasteiger partial charge in [-0.1, -0.05) is 36.4 Å². The molecule has 0 bridgehead atoms. The zero-order chi connectivity index (χ0) is 14.9. The maximum absolute atomic E-state index is 12.1. The van der Waals surface area contributed by atoms with Crippen LogP contribution in [0.25, 0.3) is 0 Å². The van der Waals surface area contributed by atoms with Crippen molar-refractivity contribution in [1.29, 1.82) is 0 Å². The number of rotatable bonds is 7. The monoisotopic (exact) mass is 302 g/mol. The summed E-state index contributed by atoms with van der Waals surface area (Å²) in [5.74, 6) is 0.652. The van der Waals surface area contributed by atoms with Crippen molar-refractivity contribution < 1.29 is 9.53 Å². The summed E-state index contributed by atoms with van der Waals surface area (Å²) in [6, 6.07) is 15.3. The lowest BCUT2D eigenvalue weighted by molar-refractivity contribution is -0.131. The Morgan fingerprint density at radius 3 is 2.67 bits per heavy atom. The Morgan fingerprint density at radius 2 is 2.00 bits per heavy atom. The summed E-state index contributed by atoms with van der Waals surface area (Å²) >= 11 is 1.61. The van der Waals surface area contributed by atoms with Crippen molar-refractivity contribution in [2.45, 2.75) is 11.1 Å².